The van der Waals surface area contributed by atoms with Gasteiger partial charge in [0.15, 0.2) is 0 Å². The third-order valence-electron chi connectivity index (χ3n) is 3.61. The normalized spacial score (nSPS) is 16.1. The highest BCUT2D eigenvalue weighted by atomic mass is 35.5. The Balaban J connectivity index is 0.00000200. The average Bonchev–Trinajstić information content (AvgIpc) is 2.46. The van der Waals surface area contributed by atoms with Crippen molar-refractivity contribution in [2.24, 2.45) is 0 Å². The second-order valence-electron chi connectivity index (χ2n) is 5.22. The van der Waals surface area contributed by atoms with Gasteiger partial charge in [0.2, 0.25) is 0 Å². The molecular formula is C17H24ClNO. The Labute approximate surface area is 128 Å². The van der Waals surface area contributed by atoms with Gasteiger partial charge in [0.05, 0.1) is 7.11 Å². The van der Waals surface area contributed by atoms with Gasteiger partial charge >= 0.3 is 0 Å². The first kappa shape index (κ1) is 16.8. The highest BCUT2D eigenvalue weighted by Gasteiger charge is 2.12. The molecule has 3 heteroatoms. The van der Waals surface area contributed by atoms with Gasteiger partial charge in [-0.1, -0.05) is 30.4 Å². The summed E-state index contributed by atoms with van der Waals surface area (Å²) in [6.07, 6.45) is 7.89. The summed E-state index contributed by atoms with van der Waals surface area (Å²) >= 11 is 0. The fraction of sp³-hybridized carbons (Fsp3) is 0.412. The molecule has 1 aliphatic rings. The number of allylic oxidation sites excluding steroid dienone is 1. The molecule has 0 aromatic heterocycles. The predicted octanol–water partition coefficient (Wildman–Crippen LogP) is 4.17. The number of ether oxygens (including phenoxy) is 1. The van der Waals surface area contributed by atoms with Gasteiger partial charge < -0.3 is 4.74 Å². The first-order valence-corrected chi connectivity index (χ1v) is 6.94. The number of methoxy groups -OCH3 is 1. The first-order chi connectivity index (χ1) is 9.19. The lowest BCUT2D eigenvalue weighted by molar-refractivity contribution is 0.240. The maximum absolute atomic E-state index is 5.16. The first-order valence-electron chi connectivity index (χ1n) is 6.94. The van der Waals surface area contributed by atoms with Crippen LogP contribution < -0.4 is 4.74 Å². The van der Waals surface area contributed by atoms with Gasteiger partial charge in [-0.3, -0.25) is 4.90 Å². The summed E-state index contributed by atoms with van der Waals surface area (Å²) in [6.45, 7) is 6.74. The molecule has 0 atom stereocenters. The van der Waals surface area contributed by atoms with Crippen molar-refractivity contribution in [2.75, 3.05) is 20.2 Å². The fourth-order valence-electron chi connectivity index (χ4n) is 2.24. The zero-order valence-corrected chi connectivity index (χ0v) is 13.3. The zero-order valence-electron chi connectivity index (χ0n) is 12.5. The van der Waals surface area contributed by atoms with Gasteiger partial charge in [0, 0.05) is 19.1 Å². The number of hydrogen-bond acceptors (Lipinski definition) is 2. The van der Waals surface area contributed by atoms with E-state index in [4.69, 9.17) is 4.74 Å². The lowest BCUT2D eigenvalue weighted by Crippen LogP contribution is -2.34. The Kier molecular flexibility index (Phi) is 6.83. The van der Waals surface area contributed by atoms with Gasteiger partial charge in [0.1, 0.15) is 5.75 Å². The molecule has 1 aromatic carbocycles. The van der Waals surface area contributed by atoms with Crippen LogP contribution in [-0.2, 0) is 0 Å². The van der Waals surface area contributed by atoms with Crippen LogP contribution in [0.25, 0.3) is 6.08 Å². The molecule has 0 N–H and O–H groups in total. The van der Waals surface area contributed by atoms with Crippen LogP contribution in [0.4, 0.5) is 0 Å². The van der Waals surface area contributed by atoms with E-state index in [2.05, 4.69) is 49.1 Å². The van der Waals surface area contributed by atoms with Crippen LogP contribution in [0.3, 0.4) is 0 Å². The summed E-state index contributed by atoms with van der Waals surface area (Å²) in [6, 6.07) is 8.80. The predicted molar refractivity (Wildman–Crippen MR) is 88.7 cm³/mol. The number of halogens is 1. The number of hydrogen-bond donors (Lipinski definition) is 0. The van der Waals surface area contributed by atoms with E-state index in [1.165, 1.54) is 11.1 Å². The SMILES string of the molecule is COc1ccc(/C=C/C2=CCN(C(C)C)CC2)cc1.Cl. The Hall–Kier alpha value is -1.25. The van der Waals surface area contributed by atoms with Gasteiger partial charge in [-0.2, -0.15) is 0 Å². The highest BCUT2D eigenvalue weighted by Crippen LogP contribution is 2.17. The van der Waals surface area contributed by atoms with Crippen LogP contribution in [0.1, 0.15) is 25.8 Å². The molecule has 0 saturated heterocycles. The topological polar surface area (TPSA) is 12.5 Å². The monoisotopic (exact) mass is 293 g/mol. The quantitative estimate of drug-likeness (QED) is 0.826. The molecule has 2 nitrogen and oxygen atoms in total. The lowest BCUT2D eigenvalue weighted by atomic mass is 10.1. The molecule has 110 valence electrons. The molecule has 1 aliphatic heterocycles. The van der Waals surface area contributed by atoms with E-state index in [-0.39, 0.29) is 12.4 Å². The second kappa shape index (κ2) is 8.13. The molecule has 1 heterocycles. The Bertz CT molecular complexity index is 462. The minimum absolute atomic E-state index is 0. The molecule has 2 rings (SSSR count). The summed E-state index contributed by atoms with van der Waals surface area (Å²) < 4.78 is 5.16. The minimum Gasteiger partial charge on any atom is -0.497 e. The molecule has 0 radical (unpaired) electrons. The van der Waals surface area contributed by atoms with Crippen LogP contribution >= 0.6 is 12.4 Å². The molecule has 0 aliphatic carbocycles. The molecular weight excluding hydrogens is 270 g/mol. The molecule has 0 amide bonds. The summed E-state index contributed by atoms with van der Waals surface area (Å²) in [7, 11) is 1.69. The van der Waals surface area contributed by atoms with Gasteiger partial charge in [-0.25, -0.2) is 0 Å². The van der Waals surface area contributed by atoms with E-state index < -0.39 is 0 Å². The van der Waals surface area contributed by atoms with Crippen molar-refractivity contribution in [3.63, 3.8) is 0 Å². The summed E-state index contributed by atoms with van der Waals surface area (Å²) in [5.41, 5.74) is 2.65. The smallest absolute Gasteiger partial charge is 0.118 e. The molecule has 0 unspecified atom stereocenters. The van der Waals surface area contributed by atoms with E-state index in [1.54, 1.807) is 7.11 Å². The Morgan fingerprint density at radius 1 is 1.15 bits per heavy atom. The van der Waals surface area contributed by atoms with E-state index in [9.17, 15) is 0 Å². The second-order valence-corrected chi connectivity index (χ2v) is 5.22. The van der Waals surface area contributed by atoms with Crippen LogP contribution in [0.2, 0.25) is 0 Å². The van der Waals surface area contributed by atoms with E-state index in [0.29, 0.717) is 6.04 Å². The summed E-state index contributed by atoms with van der Waals surface area (Å²) in [4.78, 5) is 2.49. The molecule has 20 heavy (non-hydrogen) atoms. The Morgan fingerprint density at radius 3 is 2.35 bits per heavy atom. The van der Waals surface area contributed by atoms with Crippen molar-refractivity contribution in [1.82, 2.24) is 4.90 Å². The summed E-state index contributed by atoms with van der Waals surface area (Å²) in [5, 5.41) is 0. The third-order valence-corrected chi connectivity index (χ3v) is 3.61. The molecule has 0 spiro atoms. The number of benzene rings is 1. The van der Waals surface area contributed by atoms with Crippen LogP contribution in [0.15, 0.2) is 42.0 Å². The largest absolute Gasteiger partial charge is 0.497 e. The Morgan fingerprint density at radius 2 is 1.85 bits per heavy atom. The van der Waals surface area contributed by atoms with Crippen LogP contribution in [0.5, 0.6) is 5.75 Å². The van der Waals surface area contributed by atoms with Gasteiger partial charge in [-0.05, 0) is 43.5 Å². The van der Waals surface area contributed by atoms with Gasteiger partial charge in [-0.15, -0.1) is 12.4 Å². The standard InChI is InChI=1S/C17H23NO.ClH/c1-14(2)18-12-10-16(11-13-18)5-4-15-6-8-17(19-3)9-7-15;/h4-10,14H,11-13H2,1-3H3;1H/b5-4+;. The van der Waals surface area contributed by atoms with Crippen molar-refractivity contribution in [1.29, 1.82) is 0 Å². The zero-order chi connectivity index (χ0) is 13.7. The van der Waals surface area contributed by atoms with Crippen molar-refractivity contribution >= 4 is 18.5 Å². The van der Waals surface area contributed by atoms with Crippen molar-refractivity contribution in [3.05, 3.63) is 47.6 Å². The molecule has 0 fully saturated rings. The highest BCUT2D eigenvalue weighted by molar-refractivity contribution is 5.85. The molecule has 1 aromatic rings. The van der Waals surface area contributed by atoms with Gasteiger partial charge in [0.25, 0.3) is 0 Å². The lowest BCUT2D eigenvalue weighted by Gasteiger charge is -2.28. The maximum Gasteiger partial charge on any atom is 0.118 e. The minimum atomic E-state index is 0. The molecule has 0 saturated carbocycles. The maximum atomic E-state index is 5.16. The van der Waals surface area contributed by atoms with Crippen molar-refractivity contribution in [2.45, 2.75) is 26.3 Å². The molecule has 0 bridgehead atoms. The van der Waals surface area contributed by atoms with Crippen LogP contribution in [0, 0.1) is 0 Å². The third kappa shape index (κ3) is 4.69. The van der Waals surface area contributed by atoms with Crippen molar-refractivity contribution in [3.8, 4) is 5.75 Å². The average molecular weight is 294 g/mol. The number of rotatable bonds is 4. The van der Waals surface area contributed by atoms with Crippen LogP contribution in [-0.4, -0.2) is 31.1 Å². The van der Waals surface area contributed by atoms with E-state index in [0.717, 1.165) is 25.3 Å². The van der Waals surface area contributed by atoms with E-state index >= 15 is 0 Å². The van der Waals surface area contributed by atoms with E-state index in [1.807, 2.05) is 12.1 Å². The fourth-order valence-corrected chi connectivity index (χ4v) is 2.24. The number of nitrogens with zero attached hydrogens (tertiary/aromatic N) is 1. The van der Waals surface area contributed by atoms with Crippen molar-refractivity contribution < 1.29 is 4.74 Å². The summed E-state index contributed by atoms with van der Waals surface area (Å²) in [5.74, 6) is 0.904.